The van der Waals surface area contributed by atoms with Crippen molar-refractivity contribution >= 4 is 17.7 Å². The van der Waals surface area contributed by atoms with E-state index in [1.165, 1.54) is 6.07 Å². The number of amides is 1. The largest absolute Gasteiger partial charge is 0.363 e. The summed E-state index contributed by atoms with van der Waals surface area (Å²) >= 11 is 0. The van der Waals surface area contributed by atoms with Crippen molar-refractivity contribution in [2.24, 2.45) is 5.92 Å². The average molecular weight is 400 g/mol. The summed E-state index contributed by atoms with van der Waals surface area (Å²) in [5, 5.41) is 6.41. The summed E-state index contributed by atoms with van der Waals surface area (Å²) in [5.41, 5.74) is 1.86. The van der Waals surface area contributed by atoms with Crippen LogP contribution in [0.1, 0.15) is 47.3 Å². The van der Waals surface area contributed by atoms with E-state index in [4.69, 9.17) is 0 Å². The highest BCUT2D eigenvalue weighted by Crippen LogP contribution is 2.26. The van der Waals surface area contributed by atoms with Crippen molar-refractivity contribution in [3.63, 3.8) is 0 Å². The molecule has 1 heterocycles. The highest BCUT2D eigenvalue weighted by atomic mass is 19.1. The summed E-state index contributed by atoms with van der Waals surface area (Å²) in [6, 6.07) is 6.90. The predicted molar refractivity (Wildman–Crippen MR) is 114 cm³/mol. The van der Waals surface area contributed by atoms with Gasteiger partial charge in [-0.1, -0.05) is 6.07 Å². The summed E-state index contributed by atoms with van der Waals surface area (Å²) in [5.74, 6) is 1.44. The molecule has 3 rings (SSSR count). The van der Waals surface area contributed by atoms with Crippen LogP contribution in [-0.2, 0) is 0 Å². The van der Waals surface area contributed by atoms with E-state index in [1.54, 1.807) is 19.1 Å². The van der Waals surface area contributed by atoms with Crippen molar-refractivity contribution in [3.8, 4) is 0 Å². The zero-order valence-electron chi connectivity index (χ0n) is 17.6. The zero-order valence-corrected chi connectivity index (χ0v) is 17.6. The molecular formula is C22H30FN5O. The molecule has 1 aromatic carbocycles. The van der Waals surface area contributed by atoms with Gasteiger partial charge < -0.3 is 15.5 Å². The van der Waals surface area contributed by atoms with Crippen molar-refractivity contribution in [1.82, 2.24) is 15.3 Å². The van der Waals surface area contributed by atoms with E-state index < -0.39 is 0 Å². The van der Waals surface area contributed by atoms with Crippen molar-refractivity contribution in [1.29, 1.82) is 0 Å². The summed E-state index contributed by atoms with van der Waals surface area (Å²) in [6.45, 7) is 4.28. The van der Waals surface area contributed by atoms with E-state index in [9.17, 15) is 9.18 Å². The van der Waals surface area contributed by atoms with Gasteiger partial charge in [-0.15, -0.1) is 0 Å². The highest BCUT2D eigenvalue weighted by molar-refractivity contribution is 5.94. The van der Waals surface area contributed by atoms with Gasteiger partial charge >= 0.3 is 0 Å². The lowest BCUT2D eigenvalue weighted by Crippen LogP contribution is -2.34. The molecule has 29 heavy (non-hydrogen) atoms. The van der Waals surface area contributed by atoms with Crippen LogP contribution in [0.25, 0.3) is 0 Å². The zero-order chi connectivity index (χ0) is 21.0. The van der Waals surface area contributed by atoms with Gasteiger partial charge in [0, 0.05) is 44.0 Å². The third kappa shape index (κ3) is 5.65. The molecule has 1 fully saturated rings. The number of aryl methyl sites for hydroxylation is 2. The monoisotopic (exact) mass is 399 g/mol. The van der Waals surface area contributed by atoms with E-state index in [0.29, 0.717) is 35.6 Å². The van der Waals surface area contributed by atoms with Crippen molar-refractivity contribution in [3.05, 3.63) is 46.9 Å². The number of halogens is 1. The van der Waals surface area contributed by atoms with Crippen molar-refractivity contribution in [2.75, 3.05) is 30.9 Å². The summed E-state index contributed by atoms with van der Waals surface area (Å²) < 4.78 is 13.7. The normalized spacial score (nSPS) is 18.9. The predicted octanol–water partition coefficient (Wildman–Crippen LogP) is 3.70. The van der Waals surface area contributed by atoms with Crippen LogP contribution in [-0.4, -0.2) is 42.6 Å². The number of nitrogens with one attached hydrogen (secondary N) is 2. The molecule has 1 saturated carbocycles. The molecule has 0 aliphatic heterocycles. The van der Waals surface area contributed by atoms with Gasteiger partial charge in [-0.05, 0) is 63.1 Å². The molecule has 0 bridgehead atoms. The lowest BCUT2D eigenvalue weighted by molar-refractivity contribution is 0.0943. The SMILES string of the molecule is Cc1cc(N(C)C)nc(N[C@H]2CC[C@@H](CNC(=O)c3ccc(C)c(F)c3)CC2)n1. The lowest BCUT2D eigenvalue weighted by atomic mass is 9.86. The Labute approximate surface area is 171 Å². The molecule has 156 valence electrons. The van der Waals surface area contributed by atoms with Crippen LogP contribution >= 0.6 is 0 Å². The molecule has 1 aliphatic carbocycles. The number of benzene rings is 1. The maximum Gasteiger partial charge on any atom is 0.251 e. The van der Waals surface area contributed by atoms with Gasteiger partial charge in [0.15, 0.2) is 0 Å². The third-order valence-corrected chi connectivity index (χ3v) is 5.46. The molecule has 1 aliphatic rings. The lowest BCUT2D eigenvalue weighted by Gasteiger charge is -2.29. The van der Waals surface area contributed by atoms with E-state index in [1.807, 2.05) is 32.0 Å². The number of hydrogen-bond donors (Lipinski definition) is 2. The Morgan fingerprint density at radius 1 is 1.14 bits per heavy atom. The van der Waals surface area contributed by atoms with Crippen LogP contribution in [0.4, 0.5) is 16.2 Å². The van der Waals surface area contributed by atoms with Crippen LogP contribution in [0.3, 0.4) is 0 Å². The van der Waals surface area contributed by atoms with Gasteiger partial charge in [0.2, 0.25) is 5.95 Å². The number of nitrogens with zero attached hydrogens (tertiary/aromatic N) is 3. The molecule has 0 spiro atoms. The molecule has 1 amide bonds. The van der Waals surface area contributed by atoms with Gasteiger partial charge in [-0.3, -0.25) is 4.79 Å². The fraction of sp³-hybridized carbons (Fsp3) is 0.500. The summed E-state index contributed by atoms with van der Waals surface area (Å²) in [7, 11) is 3.94. The van der Waals surface area contributed by atoms with Gasteiger partial charge in [0.05, 0.1) is 0 Å². The Kier molecular flexibility index (Phi) is 6.67. The summed E-state index contributed by atoms with van der Waals surface area (Å²) in [6.07, 6.45) is 4.06. The second kappa shape index (κ2) is 9.20. The molecule has 1 aromatic heterocycles. The smallest absolute Gasteiger partial charge is 0.251 e. The van der Waals surface area contributed by atoms with Crippen LogP contribution in [0.15, 0.2) is 24.3 Å². The van der Waals surface area contributed by atoms with E-state index in [2.05, 4.69) is 20.6 Å². The third-order valence-electron chi connectivity index (χ3n) is 5.46. The molecule has 0 radical (unpaired) electrons. The van der Waals surface area contributed by atoms with E-state index in [0.717, 1.165) is 37.2 Å². The maximum atomic E-state index is 13.7. The van der Waals surface area contributed by atoms with E-state index in [-0.39, 0.29) is 11.7 Å². The minimum Gasteiger partial charge on any atom is -0.363 e. The van der Waals surface area contributed by atoms with Crippen LogP contribution in [0.5, 0.6) is 0 Å². The van der Waals surface area contributed by atoms with Crippen molar-refractivity contribution in [2.45, 2.75) is 45.6 Å². The highest BCUT2D eigenvalue weighted by Gasteiger charge is 2.22. The Balaban J connectivity index is 1.47. The number of carbonyl (C=O) groups is 1. The molecule has 2 aromatic rings. The van der Waals surface area contributed by atoms with Gasteiger partial charge in [-0.2, -0.15) is 4.98 Å². The molecule has 0 saturated heterocycles. The van der Waals surface area contributed by atoms with Crippen LogP contribution in [0.2, 0.25) is 0 Å². The molecule has 0 unspecified atom stereocenters. The van der Waals surface area contributed by atoms with Crippen LogP contribution < -0.4 is 15.5 Å². The number of anilines is 2. The number of hydrogen-bond acceptors (Lipinski definition) is 5. The Morgan fingerprint density at radius 2 is 1.86 bits per heavy atom. The summed E-state index contributed by atoms with van der Waals surface area (Å²) in [4.78, 5) is 23.3. The quantitative estimate of drug-likeness (QED) is 0.775. The molecular weight excluding hydrogens is 369 g/mol. The van der Waals surface area contributed by atoms with Gasteiger partial charge in [0.25, 0.3) is 5.91 Å². The van der Waals surface area contributed by atoms with Gasteiger partial charge in [0.1, 0.15) is 11.6 Å². The van der Waals surface area contributed by atoms with E-state index >= 15 is 0 Å². The first-order valence-electron chi connectivity index (χ1n) is 10.2. The first kappa shape index (κ1) is 21.0. The number of aromatic nitrogens is 2. The molecule has 7 heteroatoms. The second-order valence-electron chi connectivity index (χ2n) is 8.12. The fourth-order valence-corrected chi connectivity index (χ4v) is 3.61. The van der Waals surface area contributed by atoms with Gasteiger partial charge in [-0.25, -0.2) is 9.37 Å². The molecule has 6 nitrogen and oxygen atoms in total. The Bertz CT molecular complexity index is 862. The minimum absolute atomic E-state index is 0.214. The molecule has 0 atom stereocenters. The van der Waals surface area contributed by atoms with Crippen LogP contribution in [0, 0.1) is 25.6 Å². The first-order chi connectivity index (χ1) is 13.8. The Hall–Kier alpha value is -2.70. The molecule has 2 N–H and O–H groups in total. The average Bonchev–Trinajstić information content (AvgIpc) is 2.69. The number of rotatable bonds is 6. The Morgan fingerprint density at radius 3 is 2.52 bits per heavy atom. The second-order valence-corrected chi connectivity index (χ2v) is 8.12. The minimum atomic E-state index is -0.347. The fourth-order valence-electron chi connectivity index (χ4n) is 3.61. The first-order valence-corrected chi connectivity index (χ1v) is 10.2. The standard InChI is InChI=1S/C22H30FN5O/c1-14-5-8-17(12-19(14)23)21(29)24-13-16-6-9-18(10-7-16)26-22-25-15(2)11-20(27-22)28(3)4/h5,8,11-12,16,18H,6-7,9-10,13H2,1-4H3,(H,24,29)(H,25,26,27)/t16-,18+. The van der Waals surface area contributed by atoms with Crippen molar-refractivity contribution < 1.29 is 9.18 Å². The maximum absolute atomic E-state index is 13.7. The number of carbonyl (C=O) groups excluding carboxylic acids is 1. The topological polar surface area (TPSA) is 70.2 Å².